The van der Waals surface area contributed by atoms with Gasteiger partial charge in [0.2, 0.25) is 0 Å². The van der Waals surface area contributed by atoms with Crippen LogP contribution in [0.4, 0.5) is 0 Å². The first-order chi connectivity index (χ1) is 11.9. The number of aromatic amines is 1. The van der Waals surface area contributed by atoms with Crippen LogP contribution in [0.15, 0.2) is 55.2 Å². The molecule has 0 aliphatic carbocycles. The smallest absolute Gasteiger partial charge is 0.126 e. The number of morpholine rings is 1. The lowest BCUT2D eigenvalue weighted by Crippen LogP contribution is -2.39. The summed E-state index contributed by atoms with van der Waals surface area (Å²) in [6.45, 7) is 3.11. The predicted octanol–water partition coefficient (Wildman–Crippen LogP) is 2.44. The molecule has 4 rings (SSSR count). The lowest BCUT2D eigenvalue weighted by Gasteiger charge is -2.34. The summed E-state index contributed by atoms with van der Waals surface area (Å²) in [4.78, 5) is 18.7. The number of H-pyrrole nitrogens is 1. The Kier molecular flexibility index (Phi) is 4.31. The van der Waals surface area contributed by atoms with E-state index in [4.69, 9.17) is 4.74 Å². The van der Waals surface area contributed by atoms with Gasteiger partial charge in [-0.25, -0.2) is 4.98 Å². The molecule has 0 amide bonds. The third-order valence-electron chi connectivity index (χ3n) is 4.25. The highest BCUT2D eigenvalue weighted by Gasteiger charge is 2.27. The number of ether oxygens (including phenoxy) is 1. The third-order valence-corrected chi connectivity index (χ3v) is 4.25. The molecule has 6 nitrogen and oxygen atoms in total. The molecule has 6 heteroatoms. The molecule has 0 radical (unpaired) electrons. The second-order valence-electron chi connectivity index (χ2n) is 5.84. The van der Waals surface area contributed by atoms with Crippen LogP contribution in [0.5, 0.6) is 0 Å². The Labute approximate surface area is 140 Å². The number of pyridine rings is 2. The molecule has 1 atom stereocenters. The molecule has 1 fully saturated rings. The summed E-state index contributed by atoms with van der Waals surface area (Å²) >= 11 is 0. The van der Waals surface area contributed by atoms with Crippen LogP contribution in [0.25, 0.3) is 11.3 Å². The van der Waals surface area contributed by atoms with Crippen LogP contribution in [0.3, 0.4) is 0 Å². The second kappa shape index (κ2) is 6.90. The molecule has 1 aliphatic rings. The van der Waals surface area contributed by atoms with Crippen LogP contribution in [0.2, 0.25) is 0 Å². The van der Waals surface area contributed by atoms with Crippen LogP contribution < -0.4 is 0 Å². The zero-order valence-corrected chi connectivity index (χ0v) is 13.3. The molecule has 1 saturated heterocycles. The molecule has 0 bridgehead atoms. The number of rotatable bonds is 4. The van der Waals surface area contributed by atoms with Gasteiger partial charge in [0, 0.05) is 43.4 Å². The first-order valence-corrected chi connectivity index (χ1v) is 8.06. The normalized spacial score (nSPS) is 18.6. The van der Waals surface area contributed by atoms with Gasteiger partial charge in [-0.05, 0) is 23.8 Å². The molecule has 0 saturated carbocycles. The molecule has 1 N–H and O–H groups in total. The van der Waals surface area contributed by atoms with Crippen LogP contribution in [-0.2, 0) is 11.3 Å². The lowest BCUT2D eigenvalue weighted by molar-refractivity contribution is -0.0156. The van der Waals surface area contributed by atoms with E-state index in [0.29, 0.717) is 6.61 Å². The number of hydrogen-bond donors (Lipinski definition) is 1. The summed E-state index contributed by atoms with van der Waals surface area (Å²) in [6.07, 6.45) is 9.16. The van der Waals surface area contributed by atoms with E-state index in [1.165, 1.54) is 5.56 Å². The average molecular weight is 321 g/mol. The highest BCUT2D eigenvalue weighted by molar-refractivity contribution is 5.57. The summed E-state index contributed by atoms with van der Waals surface area (Å²) in [5.41, 5.74) is 3.28. The molecule has 3 aromatic rings. The van der Waals surface area contributed by atoms with Gasteiger partial charge in [-0.1, -0.05) is 6.07 Å². The van der Waals surface area contributed by atoms with Crippen LogP contribution >= 0.6 is 0 Å². The van der Waals surface area contributed by atoms with Gasteiger partial charge in [0.1, 0.15) is 5.82 Å². The van der Waals surface area contributed by atoms with Gasteiger partial charge in [0.05, 0.1) is 31.1 Å². The van der Waals surface area contributed by atoms with E-state index >= 15 is 0 Å². The Morgan fingerprint density at radius 2 is 2.04 bits per heavy atom. The van der Waals surface area contributed by atoms with Crippen LogP contribution in [0, 0.1) is 0 Å². The standard InChI is InChI=1S/C18H19N5O/c1-2-14(10-20-5-1)12-23-8-9-24-13-17(23)18-21-11-16(22-18)15-3-6-19-7-4-15/h1-7,10-11,17H,8-9,12-13H2,(H,21,22)/t17-/m0/s1. The Bertz CT molecular complexity index is 774. The van der Waals surface area contributed by atoms with Crippen molar-refractivity contribution in [2.75, 3.05) is 19.8 Å². The van der Waals surface area contributed by atoms with Gasteiger partial charge in [-0.2, -0.15) is 0 Å². The van der Waals surface area contributed by atoms with E-state index in [9.17, 15) is 0 Å². The van der Waals surface area contributed by atoms with Crippen molar-refractivity contribution < 1.29 is 4.74 Å². The first-order valence-electron chi connectivity index (χ1n) is 8.06. The summed E-state index contributed by atoms with van der Waals surface area (Å²) < 4.78 is 5.69. The van der Waals surface area contributed by atoms with E-state index in [-0.39, 0.29) is 6.04 Å². The molecule has 3 aromatic heterocycles. The van der Waals surface area contributed by atoms with Crippen molar-refractivity contribution in [2.45, 2.75) is 12.6 Å². The second-order valence-corrected chi connectivity index (χ2v) is 5.84. The number of aromatic nitrogens is 4. The van der Waals surface area contributed by atoms with E-state index in [0.717, 1.165) is 36.8 Å². The molecule has 122 valence electrons. The lowest BCUT2D eigenvalue weighted by atomic mass is 10.1. The van der Waals surface area contributed by atoms with Crippen molar-refractivity contribution in [3.8, 4) is 11.3 Å². The van der Waals surface area contributed by atoms with Crippen LogP contribution in [0.1, 0.15) is 17.4 Å². The Morgan fingerprint density at radius 1 is 1.12 bits per heavy atom. The largest absolute Gasteiger partial charge is 0.378 e. The molecular formula is C18H19N5O. The molecule has 0 aromatic carbocycles. The van der Waals surface area contributed by atoms with E-state index < -0.39 is 0 Å². The van der Waals surface area contributed by atoms with Gasteiger partial charge in [-0.3, -0.25) is 14.9 Å². The minimum atomic E-state index is 0.120. The SMILES string of the molecule is c1cncc(CN2CCOC[C@H]2c2ncc(-c3ccncc3)[nH]2)c1. The minimum Gasteiger partial charge on any atom is -0.378 e. The fourth-order valence-corrected chi connectivity index (χ4v) is 2.99. The molecule has 1 aliphatic heterocycles. The zero-order valence-electron chi connectivity index (χ0n) is 13.3. The van der Waals surface area contributed by atoms with Gasteiger partial charge in [-0.15, -0.1) is 0 Å². The average Bonchev–Trinajstić information content (AvgIpc) is 3.14. The number of hydrogen-bond acceptors (Lipinski definition) is 5. The van der Waals surface area contributed by atoms with Gasteiger partial charge >= 0.3 is 0 Å². The maximum absolute atomic E-state index is 5.69. The van der Waals surface area contributed by atoms with Gasteiger partial charge < -0.3 is 9.72 Å². The van der Waals surface area contributed by atoms with Crippen LogP contribution in [-0.4, -0.2) is 44.6 Å². The van der Waals surface area contributed by atoms with E-state index in [1.54, 1.807) is 18.6 Å². The van der Waals surface area contributed by atoms with Crippen molar-refractivity contribution in [2.24, 2.45) is 0 Å². The van der Waals surface area contributed by atoms with Crippen molar-refractivity contribution in [1.29, 1.82) is 0 Å². The predicted molar refractivity (Wildman–Crippen MR) is 90.0 cm³/mol. The number of imidazole rings is 1. The quantitative estimate of drug-likeness (QED) is 0.799. The Balaban J connectivity index is 1.56. The highest BCUT2D eigenvalue weighted by atomic mass is 16.5. The summed E-state index contributed by atoms with van der Waals surface area (Å²) in [5, 5.41) is 0. The Hall–Kier alpha value is -2.57. The van der Waals surface area contributed by atoms with Gasteiger partial charge in [0.15, 0.2) is 0 Å². The minimum absolute atomic E-state index is 0.120. The van der Waals surface area contributed by atoms with Gasteiger partial charge in [0.25, 0.3) is 0 Å². The summed E-state index contributed by atoms with van der Waals surface area (Å²) in [7, 11) is 0. The molecule has 4 heterocycles. The topological polar surface area (TPSA) is 66.9 Å². The van der Waals surface area contributed by atoms with E-state index in [1.807, 2.05) is 30.6 Å². The van der Waals surface area contributed by atoms with Crippen molar-refractivity contribution in [3.63, 3.8) is 0 Å². The molecule has 0 unspecified atom stereocenters. The summed E-state index contributed by atoms with van der Waals surface area (Å²) in [6, 6.07) is 8.14. The summed E-state index contributed by atoms with van der Waals surface area (Å²) in [5.74, 6) is 0.936. The maximum atomic E-state index is 5.69. The van der Waals surface area contributed by atoms with E-state index in [2.05, 4.69) is 30.9 Å². The van der Waals surface area contributed by atoms with Crippen molar-refractivity contribution >= 4 is 0 Å². The monoisotopic (exact) mass is 321 g/mol. The molecular weight excluding hydrogens is 302 g/mol. The maximum Gasteiger partial charge on any atom is 0.126 e. The molecule has 0 spiro atoms. The Morgan fingerprint density at radius 3 is 2.88 bits per heavy atom. The fourth-order valence-electron chi connectivity index (χ4n) is 2.99. The fraction of sp³-hybridized carbons (Fsp3) is 0.278. The van der Waals surface area contributed by atoms with Crippen molar-refractivity contribution in [3.05, 3.63) is 66.6 Å². The number of nitrogens with zero attached hydrogens (tertiary/aromatic N) is 4. The zero-order chi connectivity index (χ0) is 16.2. The highest BCUT2D eigenvalue weighted by Crippen LogP contribution is 2.26. The molecule has 24 heavy (non-hydrogen) atoms. The number of nitrogens with one attached hydrogen (secondary N) is 1. The third kappa shape index (κ3) is 3.20. The van der Waals surface area contributed by atoms with Crippen molar-refractivity contribution in [1.82, 2.24) is 24.8 Å². The first kappa shape index (κ1) is 15.0.